The van der Waals surface area contributed by atoms with Crippen LogP contribution in [0.3, 0.4) is 0 Å². The molecule has 7 heteroatoms. The van der Waals surface area contributed by atoms with Gasteiger partial charge in [0, 0.05) is 28.3 Å². The minimum atomic E-state index is -0.560. The van der Waals surface area contributed by atoms with E-state index in [2.05, 4.69) is 29.4 Å². The molecule has 2 rings (SSSR count). The van der Waals surface area contributed by atoms with Crippen molar-refractivity contribution in [2.75, 3.05) is 5.32 Å². The SMILES string of the molecule is Cc1ccc(CC(C)Nc2ncc([N+](=O)[O-])cc2C#N)s1. The van der Waals surface area contributed by atoms with Gasteiger partial charge in [0.05, 0.1) is 4.92 Å². The molecule has 1 N–H and O–H groups in total. The van der Waals surface area contributed by atoms with Gasteiger partial charge in [0.25, 0.3) is 5.69 Å². The Kier molecular flexibility index (Phi) is 4.50. The summed E-state index contributed by atoms with van der Waals surface area (Å²) in [6.07, 6.45) is 1.97. The second kappa shape index (κ2) is 6.33. The number of aryl methyl sites for hydroxylation is 1. The average molecular weight is 302 g/mol. The molecule has 6 nitrogen and oxygen atoms in total. The summed E-state index contributed by atoms with van der Waals surface area (Å²) in [5, 5.41) is 22.9. The van der Waals surface area contributed by atoms with Crippen molar-refractivity contribution < 1.29 is 4.92 Å². The third kappa shape index (κ3) is 3.77. The molecule has 0 amide bonds. The predicted octanol–water partition coefficient (Wildman–Crippen LogP) is 3.27. The summed E-state index contributed by atoms with van der Waals surface area (Å²) in [4.78, 5) is 16.6. The van der Waals surface area contributed by atoms with E-state index in [1.165, 1.54) is 15.8 Å². The lowest BCUT2D eigenvalue weighted by atomic mass is 10.2. The van der Waals surface area contributed by atoms with Gasteiger partial charge in [0.15, 0.2) is 0 Å². The number of thiophene rings is 1. The smallest absolute Gasteiger partial charge is 0.289 e. The number of hydrogen-bond acceptors (Lipinski definition) is 6. The van der Waals surface area contributed by atoms with Crippen molar-refractivity contribution in [2.24, 2.45) is 0 Å². The molecular formula is C14H14N4O2S. The minimum absolute atomic E-state index is 0.0732. The zero-order chi connectivity index (χ0) is 15.4. The first-order valence-electron chi connectivity index (χ1n) is 6.36. The van der Waals surface area contributed by atoms with Gasteiger partial charge in [-0.05, 0) is 26.0 Å². The Labute approximate surface area is 126 Å². The van der Waals surface area contributed by atoms with Crippen LogP contribution in [0.5, 0.6) is 0 Å². The molecular weight excluding hydrogens is 288 g/mol. The van der Waals surface area contributed by atoms with E-state index in [4.69, 9.17) is 5.26 Å². The summed E-state index contributed by atoms with van der Waals surface area (Å²) in [7, 11) is 0. The van der Waals surface area contributed by atoms with Crippen LogP contribution in [0.4, 0.5) is 11.5 Å². The molecule has 2 aromatic rings. The molecule has 0 saturated heterocycles. The first kappa shape index (κ1) is 14.9. The van der Waals surface area contributed by atoms with Crippen LogP contribution in [-0.2, 0) is 6.42 Å². The first-order chi connectivity index (χ1) is 9.99. The number of rotatable bonds is 5. The standard InChI is InChI=1S/C14H14N4O2S/c1-9(5-13-4-3-10(2)21-13)17-14-11(7-15)6-12(8-16-14)18(19)20/h3-4,6,8-9H,5H2,1-2H3,(H,16,17). The largest absolute Gasteiger partial charge is 0.366 e. The minimum Gasteiger partial charge on any atom is -0.366 e. The summed E-state index contributed by atoms with van der Waals surface area (Å²) >= 11 is 1.73. The number of nitrogens with one attached hydrogen (secondary N) is 1. The van der Waals surface area contributed by atoms with Gasteiger partial charge in [-0.2, -0.15) is 5.26 Å². The molecule has 0 saturated carbocycles. The van der Waals surface area contributed by atoms with Gasteiger partial charge < -0.3 is 5.32 Å². The Morgan fingerprint density at radius 1 is 1.57 bits per heavy atom. The second-order valence-electron chi connectivity index (χ2n) is 4.72. The summed E-state index contributed by atoms with van der Waals surface area (Å²) < 4.78 is 0. The van der Waals surface area contributed by atoms with Crippen molar-refractivity contribution in [3.05, 3.63) is 49.8 Å². The highest BCUT2D eigenvalue weighted by molar-refractivity contribution is 7.11. The lowest BCUT2D eigenvalue weighted by molar-refractivity contribution is -0.385. The summed E-state index contributed by atoms with van der Waals surface area (Å²) in [5.74, 6) is 0.379. The zero-order valence-electron chi connectivity index (χ0n) is 11.7. The van der Waals surface area contributed by atoms with Gasteiger partial charge >= 0.3 is 0 Å². The normalized spacial score (nSPS) is 11.7. The van der Waals surface area contributed by atoms with E-state index in [0.29, 0.717) is 5.82 Å². The second-order valence-corrected chi connectivity index (χ2v) is 6.09. The highest BCUT2D eigenvalue weighted by Crippen LogP contribution is 2.21. The van der Waals surface area contributed by atoms with Crippen molar-refractivity contribution in [3.63, 3.8) is 0 Å². The maximum absolute atomic E-state index is 10.7. The van der Waals surface area contributed by atoms with E-state index in [0.717, 1.165) is 12.6 Å². The Balaban J connectivity index is 2.11. The molecule has 0 aliphatic rings. The fourth-order valence-corrected chi connectivity index (χ4v) is 2.95. The molecule has 1 unspecified atom stereocenters. The van der Waals surface area contributed by atoms with Gasteiger partial charge in [-0.15, -0.1) is 11.3 Å². The summed E-state index contributed by atoms with van der Waals surface area (Å²) in [6, 6.07) is 7.39. The number of nitriles is 1. The van der Waals surface area contributed by atoms with E-state index >= 15 is 0 Å². The first-order valence-corrected chi connectivity index (χ1v) is 7.17. The van der Waals surface area contributed by atoms with Gasteiger partial charge in [-0.25, -0.2) is 4.98 Å². The zero-order valence-corrected chi connectivity index (χ0v) is 12.5. The van der Waals surface area contributed by atoms with Crippen LogP contribution in [0.25, 0.3) is 0 Å². The summed E-state index contributed by atoms with van der Waals surface area (Å²) in [6.45, 7) is 4.04. The van der Waals surface area contributed by atoms with Crippen LogP contribution in [-0.4, -0.2) is 15.9 Å². The number of nitro groups is 1. The van der Waals surface area contributed by atoms with Crippen molar-refractivity contribution in [3.8, 4) is 6.07 Å². The third-order valence-electron chi connectivity index (χ3n) is 2.89. The summed E-state index contributed by atoms with van der Waals surface area (Å²) in [5.41, 5.74) is -0.00274. The van der Waals surface area contributed by atoms with Crippen LogP contribution < -0.4 is 5.32 Å². The van der Waals surface area contributed by atoms with Crippen LogP contribution in [0.2, 0.25) is 0 Å². The van der Waals surface area contributed by atoms with Crippen molar-refractivity contribution in [1.82, 2.24) is 4.98 Å². The van der Waals surface area contributed by atoms with Crippen LogP contribution >= 0.6 is 11.3 Å². The number of anilines is 1. The number of pyridine rings is 1. The number of hydrogen-bond donors (Lipinski definition) is 1. The topological polar surface area (TPSA) is 91.8 Å². The van der Waals surface area contributed by atoms with E-state index in [-0.39, 0.29) is 17.3 Å². The van der Waals surface area contributed by atoms with Crippen LogP contribution in [0.1, 0.15) is 22.2 Å². The molecule has 0 bridgehead atoms. The van der Waals surface area contributed by atoms with E-state index in [1.807, 2.05) is 13.0 Å². The fourth-order valence-electron chi connectivity index (χ4n) is 1.93. The van der Waals surface area contributed by atoms with Crippen molar-refractivity contribution in [1.29, 1.82) is 5.26 Å². The molecule has 0 aromatic carbocycles. The lowest BCUT2D eigenvalue weighted by Gasteiger charge is -2.14. The number of aromatic nitrogens is 1. The number of nitrogens with zero attached hydrogens (tertiary/aromatic N) is 3. The molecule has 2 heterocycles. The molecule has 108 valence electrons. The molecule has 0 spiro atoms. The maximum Gasteiger partial charge on any atom is 0.289 e. The molecule has 21 heavy (non-hydrogen) atoms. The van der Waals surface area contributed by atoms with Gasteiger partial charge in [0.2, 0.25) is 0 Å². The van der Waals surface area contributed by atoms with Crippen LogP contribution in [0.15, 0.2) is 24.4 Å². The Bertz CT molecular complexity index is 705. The molecule has 0 radical (unpaired) electrons. The Morgan fingerprint density at radius 2 is 2.33 bits per heavy atom. The predicted molar refractivity (Wildman–Crippen MR) is 81.5 cm³/mol. The lowest BCUT2D eigenvalue weighted by Crippen LogP contribution is -2.19. The quantitative estimate of drug-likeness (QED) is 0.676. The van der Waals surface area contributed by atoms with Crippen LogP contribution in [0, 0.1) is 28.4 Å². The molecule has 0 aliphatic carbocycles. The molecule has 0 fully saturated rings. The highest BCUT2D eigenvalue weighted by Gasteiger charge is 2.14. The molecule has 1 atom stereocenters. The van der Waals surface area contributed by atoms with Gasteiger partial charge in [-0.3, -0.25) is 10.1 Å². The molecule has 2 aromatic heterocycles. The van der Waals surface area contributed by atoms with Gasteiger partial charge in [0.1, 0.15) is 23.6 Å². The van der Waals surface area contributed by atoms with E-state index < -0.39 is 4.92 Å². The van der Waals surface area contributed by atoms with E-state index in [1.54, 1.807) is 11.3 Å². The molecule has 0 aliphatic heterocycles. The van der Waals surface area contributed by atoms with Crippen molar-refractivity contribution in [2.45, 2.75) is 26.3 Å². The Hall–Kier alpha value is -2.46. The highest BCUT2D eigenvalue weighted by atomic mass is 32.1. The van der Waals surface area contributed by atoms with Crippen molar-refractivity contribution >= 4 is 22.8 Å². The average Bonchev–Trinajstić information content (AvgIpc) is 2.84. The fraction of sp³-hybridized carbons (Fsp3) is 0.286. The maximum atomic E-state index is 10.7. The monoisotopic (exact) mass is 302 g/mol. The van der Waals surface area contributed by atoms with E-state index in [9.17, 15) is 10.1 Å². The Morgan fingerprint density at radius 3 is 2.90 bits per heavy atom. The third-order valence-corrected chi connectivity index (χ3v) is 3.91. The van der Waals surface area contributed by atoms with Gasteiger partial charge in [-0.1, -0.05) is 0 Å².